The minimum absolute atomic E-state index is 0.0266. The van der Waals surface area contributed by atoms with Crippen LogP contribution in [0.3, 0.4) is 0 Å². The molecule has 140 valence electrons. The number of benzene rings is 1. The first-order chi connectivity index (χ1) is 11.5. The Balaban J connectivity index is 2.32. The van der Waals surface area contributed by atoms with Gasteiger partial charge in [0, 0.05) is 28.6 Å². The van der Waals surface area contributed by atoms with E-state index in [0.717, 1.165) is 31.5 Å². The first kappa shape index (κ1) is 21.4. The maximum Gasteiger partial charge on any atom is 0.224 e. The molecule has 1 aromatic carbocycles. The summed E-state index contributed by atoms with van der Waals surface area (Å²) in [6.45, 7) is 13.2. The fourth-order valence-corrected chi connectivity index (χ4v) is 2.41. The van der Waals surface area contributed by atoms with Gasteiger partial charge in [0.2, 0.25) is 5.91 Å². The zero-order chi connectivity index (χ0) is 19.1. The van der Waals surface area contributed by atoms with Crippen molar-refractivity contribution in [1.29, 1.82) is 0 Å². The minimum Gasteiger partial charge on any atom is -0.326 e. The molecule has 0 heterocycles. The quantitative estimate of drug-likeness (QED) is 0.525. The minimum atomic E-state index is -0.396. The molecule has 4 heteroatoms. The molecule has 0 saturated carbocycles. The van der Waals surface area contributed by atoms with Gasteiger partial charge < -0.3 is 10.6 Å². The number of carbonyl (C=O) groups is 2. The fraction of sp³-hybridized carbons (Fsp3) is 0.619. The highest BCUT2D eigenvalue weighted by molar-refractivity contribution is 6.00. The van der Waals surface area contributed by atoms with Gasteiger partial charge in [-0.1, -0.05) is 27.2 Å². The molecular weight excluding hydrogens is 312 g/mol. The van der Waals surface area contributed by atoms with Crippen molar-refractivity contribution in [2.75, 3.05) is 11.9 Å². The molecule has 0 aliphatic heterocycles. The van der Waals surface area contributed by atoms with Crippen molar-refractivity contribution in [1.82, 2.24) is 5.32 Å². The molecule has 1 rings (SSSR count). The lowest BCUT2D eigenvalue weighted by molar-refractivity contribution is -0.116. The Labute approximate surface area is 152 Å². The summed E-state index contributed by atoms with van der Waals surface area (Å²) >= 11 is 0. The first-order valence-corrected chi connectivity index (χ1v) is 9.19. The Morgan fingerprint density at radius 1 is 0.880 bits per heavy atom. The summed E-state index contributed by atoms with van der Waals surface area (Å²) in [5.74, 6) is 0.132. The monoisotopic (exact) mass is 346 g/mol. The predicted octanol–water partition coefficient (Wildman–Crippen LogP) is 4.80. The van der Waals surface area contributed by atoms with Gasteiger partial charge in [-0.25, -0.2) is 0 Å². The SMILES string of the molecule is CC(C)(C)NCCCCCC(=O)Nc1ccc(C(=O)C(C)(C)C)cc1. The van der Waals surface area contributed by atoms with Crippen LogP contribution >= 0.6 is 0 Å². The molecule has 0 fully saturated rings. The van der Waals surface area contributed by atoms with Crippen LogP contribution in [-0.4, -0.2) is 23.8 Å². The Morgan fingerprint density at radius 3 is 2.00 bits per heavy atom. The number of nitrogens with one attached hydrogen (secondary N) is 2. The van der Waals surface area contributed by atoms with E-state index in [0.29, 0.717) is 12.0 Å². The molecule has 0 aromatic heterocycles. The topological polar surface area (TPSA) is 58.2 Å². The smallest absolute Gasteiger partial charge is 0.224 e. The number of amides is 1. The second-order valence-corrected chi connectivity index (χ2v) is 8.69. The van der Waals surface area contributed by atoms with Gasteiger partial charge in [-0.05, 0) is 64.4 Å². The lowest BCUT2D eigenvalue weighted by Crippen LogP contribution is -2.36. The summed E-state index contributed by atoms with van der Waals surface area (Å²) < 4.78 is 0. The van der Waals surface area contributed by atoms with E-state index in [2.05, 4.69) is 31.4 Å². The third-order valence-electron chi connectivity index (χ3n) is 3.85. The van der Waals surface area contributed by atoms with Crippen molar-refractivity contribution >= 4 is 17.4 Å². The molecule has 0 atom stereocenters. The number of hydrogen-bond acceptors (Lipinski definition) is 3. The molecule has 25 heavy (non-hydrogen) atoms. The molecule has 0 spiro atoms. The maximum absolute atomic E-state index is 12.2. The number of Topliss-reactive ketones (excluding diaryl/α,β-unsaturated/α-hetero) is 1. The Kier molecular flexibility index (Phi) is 7.81. The standard InChI is InChI=1S/C21H34N2O2/c1-20(2,3)19(25)16-11-13-17(14-12-16)23-18(24)10-8-7-9-15-22-21(4,5)6/h11-14,22H,7-10,15H2,1-6H3,(H,23,24). The second kappa shape index (κ2) is 9.14. The van der Waals surface area contributed by atoms with E-state index in [-0.39, 0.29) is 17.2 Å². The average molecular weight is 347 g/mol. The summed E-state index contributed by atoms with van der Waals surface area (Å²) in [6.07, 6.45) is 3.53. The molecule has 0 aliphatic carbocycles. The van der Waals surface area contributed by atoms with Crippen molar-refractivity contribution in [3.63, 3.8) is 0 Å². The van der Waals surface area contributed by atoms with Crippen molar-refractivity contribution < 1.29 is 9.59 Å². The normalized spacial score (nSPS) is 12.1. The van der Waals surface area contributed by atoms with Crippen LogP contribution in [0.15, 0.2) is 24.3 Å². The number of ketones is 1. The van der Waals surface area contributed by atoms with Gasteiger partial charge in [-0.2, -0.15) is 0 Å². The average Bonchev–Trinajstić information content (AvgIpc) is 2.49. The van der Waals surface area contributed by atoms with Crippen molar-refractivity contribution in [2.24, 2.45) is 5.41 Å². The molecule has 0 unspecified atom stereocenters. The molecule has 4 nitrogen and oxygen atoms in total. The Bertz CT molecular complexity index is 563. The number of unbranched alkanes of at least 4 members (excludes halogenated alkanes) is 2. The molecular formula is C21H34N2O2. The van der Waals surface area contributed by atoms with Gasteiger partial charge in [0.15, 0.2) is 5.78 Å². The zero-order valence-electron chi connectivity index (χ0n) is 16.7. The molecule has 0 saturated heterocycles. The van der Waals surface area contributed by atoms with Gasteiger partial charge in [-0.3, -0.25) is 9.59 Å². The zero-order valence-corrected chi connectivity index (χ0v) is 16.7. The van der Waals surface area contributed by atoms with E-state index in [1.807, 2.05) is 20.8 Å². The molecule has 2 N–H and O–H groups in total. The van der Waals surface area contributed by atoms with Crippen LogP contribution in [0.4, 0.5) is 5.69 Å². The summed E-state index contributed by atoms with van der Waals surface area (Å²) in [4.78, 5) is 24.2. The van der Waals surface area contributed by atoms with Crippen LogP contribution in [0.1, 0.15) is 77.6 Å². The number of anilines is 1. The lowest BCUT2D eigenvalue weighted by Gasteiger charge is -2.20. The van der Waals surface area contributed by atoms with Crippen molar-refractivity contribution in [3.05, 3.63) is 29.8 Å². The van der Waals surface area contributed by atoms with Crippen LogP contribution in [0, 0.1) is 5.41 Å². The summed E-state index contributed by atoms with van der Waals surface area (Å²) in [6, 6.07) is 7.15. The highest BCUT2D eigenvalue weighted by Gasteiger charge is 2.22. The van der Waals surface area contributed by atoms with E-state index in [4.69, 9.17) is 0 Å². The molecule has 0 aliphatic rings. The Morgan fingerprint density at radius 2 is 1.48 bits per heavy atom. The van der Waals surface area contributed by atoms with Crippen LogP contribution in [0.2, 0.25) is 0 Å². The molecule has 1 aromatic rings. The number of hydrogen-bond donors (Lipinski definition) is 2. The first-order valence-electron chi connectivity index (χ1n) is 9.19. The maximum atomic E-state index is 12.2. The summed E-state index contributed by atoms with van der Waals surface area (Å²) in [5.41, 5.74) is 1.17. The second-order valence-electron chi connectivity index (χ2n) is 8.69. The Hall–Kier alpha value is -1.68. The summed E-state index contributed by atoms with van der Waals surface area (Å²) in [5, 5.41) is 6.34. The fourth-order valence-electron chi connectivity index (χ4n) is 2.41. The molecule has 0 radical (unpaired) electrons. The predicted molar refractivity (Wildman–Crippen MR) is 105 cm³/mol. The summed E-state index contributed by atoms with van der Waals surface area (Å²) in [7, 11) is 0. The highest BCUT2D eigenvalue weighted by atomic mass is 16.1. The van der Waals surface area contributed by atoms with Crippen LogP contribution < -0.4 is 10.6 Å². The lowest BCUT2D eigenvalue weighted by atomic mass is 9.86. The van der Waals surface area contributed by atoms with E-state index >= 15 is 0 Å². The largest absolute Gasteiger partial charge is 0.326 e. The number of rotatable bonds is 8. The van der Waals surface area contributed by atoms with Crippen LogP contribution in [0.25, 0.3) is 0 Å². The van der Waals surface area contributed by atoms with Gasteiger partial charge in [-0.15, -0.1) is 0 Å². The third-order valence-corrected chi connectivity index (χ3v) is 3.85. The van der Waals surface area contributed by atoms with Crippen LogP contribution in [0.5, 0.6) is 0 Å². The molecule has 0 bridgehead atoms. The van der Waals surface area contributed by atoms with E-state index < -0.39 is 5.41 Å². The third kappa shape index (κ3) is 8.82. The van der Waals surface area contributed by atoms with Gasteiger partial charge in [0.1, 0.15) is 0 Å². The van der Waals surface area contributed by atoms with Gasteiger partial charge >= 0.3 is 0 Å². The van der Waals surface area contributed by atoms with Gasteiger partial charge in [0.25, 0.3) is 0 Å². The molecule has 1 amide bonds. The van der Waals surface area contributed by atoms with E-state index in [9.17, 15) is 9.59 Å². The van der Waals surface area contributed by atoms with E-state index in [1.165, 1.54) is 0 Å². The van der Waals surface area contributed by atoms with E-state index in [1.54, 1.807) is 24.3 Å². The van der Waals surface area contributed by atoms with Crippen molar-refractivity contribution in [3.8, 4) is 0 Å². The number of carbonyl (C=O) groups excluding carboxylic acids is 2. The highest BCUT2D eigenvalue weighted by Crippen LogP contribution is 2.22. The van der Waals surface area contributed by atoms with Gasteiger partial charge in [0.05, 0.1) is 0 Å². The van der Waals surface area contributed by atoms with Crippen LogP contribution in [-0.2, 0) is 4.79 Å². The van der Waals surface area contributed by atoms with Crippen molar-refractivity contribution in [2.45, 2.75) is 72.8 Å².